The molecule has 7 heteroatoms. The molecule has 0 saturated carbocycles. The maximum atomic E-state index is 12.6. The fraction of sp³-hybridized carbons (Fsp3) is 0.667. The molecule has 2 rings (SSSR count). The number of ether oxygens (including phenoxy) is 2. The van der Waals surface area contributed by atoms with Crippen molar-refractivity contribution < 1.29 is 19.2 Å². The predicted octanol–water partition coefficient (Wildman–Crippen LogP) is 1.23. The molecule has 0 aromatic rings. The molecule has 1 aliphatic carbocycles. The van der Waals surface area contributed by atoms with Crippen molar-refractivity contribution in [3.8, 4) is 0 Å². The van der Waals surface area contributed by atoms with Gasteiger partial charge in [-0.25, -0.2) is 0 Å². The summed E-state index contributed by atoms with van der Waals surface area (Å²) in [5.74, 6) is -0.187. The Morgan fingerprint density at radius 2 is 2.09 bits per heavy atom. The Hall–Kier alpha value is -1.73. The van der Waals surface area contributed by atoms with E-state index in [0.29, 0.717) is 26.4 Å². The molecule has 0 aromatic carbocycles. The minimum Gasteiger partial charge on any atom is -0.382 e. The number of allylic oxidation sites excluding steroid dienone is 1. The van der Waals surface area contributed by atoms with Gasteiger partial charge in [-0.2, -0.15) is 0 Å². The third-order valence-electron chi connectivity index (χ3n) is 4.31. The van der Waals surface area contributed by atoms with Crippen molar-refractivity contribution in [2.45, 2.75) is 19.9 Å². The molecule has 122 valence electrons. The van der Waals surface area contributed by atoms with Crippen molar-refractivity contribution >= 4 is 5.91 Å². The monoisotopic (exact) mass is 310 g/mol. The van der Waals surface area contributed by atoms with Crippen LogP contribution < -0.4 is 0 Å². The quantitative estimate of drug-likeness (QED) is 0.401. The largest absolute Gasteiger partial charge is 0.382 e. The van der Waals surface area contributed by atoms with E-state index in [2.05, 4.69) is 0 Å². The molecule has 1 heterocycles. The number of nitrogens with zero attached hydrogens (tertiary/aromatic N) is 2. The maximum Gasteiger partial charge on any atom is 0.265 e. The van der Waals surface area contributed by atoms with Crippen molar-refractivity contribution in [3.05, 3.63) is 34.0 Å². The van der Waals surface area contributed by atoms with Crippen LogP contribution in [0.15, 0.2) is 23.9 Å². The van der Waals surface area contributed by atoms with Crippen molar-refractivity contribution in [3.63, 3.8) is 0 Å². The lowest BCUT2D eigenvalue weighted by atomic mass is 9.76. The average Bonchev–Trinajstić information content (AvgIpc) is 2.67. The Bertz CT molecular complexity index is 512. The minimum absolute atomic E-state index is 0.00309. The zero-order chi connectivity index (χ0) is 16.3. The second-order valence-corrected chi connectivity index (χ2v) is 6.05. The van der Waals surface area contributed by atoms with Crippen molar-refractivity contribution in [2.75, 3.05) is 33.5 Å². The van der Waals surface area contributed by atoms with E-state index >= 15 is 0 Å². The number of amides is 1. The van der Waals surface area contributed by atoms with Gasteiger partial charge in [-0.15, -0.1) is 0 Å². The van der Waals surface area contributed by atoms with E-state index in [1.165, 1.54) is 6.08 Å². The van der Waals surface area contributed by atoms with E-state index in [-0.39, 0.29) is 23.6 Å². The Morgan fingerprint density at radius 3 is 2.73 bits per heavy atom. The van der Waals surface area contributed by atoms with E-state index in [9.17, 15) is 14.9 Å². The fourth-order valence-electron chi connectivity index (χ4n) is 3.02. The van der Waals surface area contributed by atoms with Crippen LogP contribution in [0.2, 0.25) is 0 Å². The van der Waals surface area contributed by atoms with E-state index in [1.807, 2.05) is 13.8 Å². The predicted molar refractivity (Wildman–Crippen MR) is 79.7 cm³/mol. The highest BCUT2D eigenvalue weighted by Crippen LogP contribution is 2.44. The summed E-state index contributed by atoms with van der Waals surface area (Å²) in [5.41, 5.74) is -0.594. The highest BCUT2D eigenvalue weighted by atomic mass is 16.6. The van der Waals surface area contributed by atoms with Gasteiger partial charge in [-0.3, -0.25) is 14.9 Å². The second-order valence-electron chi connectivity index (χ2n) is 6.05. The highest BCUT2D eigenvalue weighted by molar-refractivity contribution is 5.86. The number of hydrogen-bond donors (Lipinski definition) is 0. The van der Waals surface area contributed by atoms with Gasteiger partial charge in [0.15, 0.2) is 0 Å². The maximum absolute atomic E-state index is 12.6. The number of carbonyl (C=O) groups is 1. The molecule has 1 amide bonds. The van der Waals surface area contributed by atoms with Gasteiger partial charge in [0, 0.05) is 31.7 Å². The molecule has 0 N–H and O–H groups in total. The number of carbonyl (C=O) groups excluding carboxylic acids is 1. The van der Waals surface area contributed by atoms with Gasteiger partial charge < -0.3 is 14.4 Å². The summed E-state index contributed by atoms with van der Waals surface area (Å²) in [6.07, 6.45) is 4.84. The standard InChI is InChI=1S/C15H22N2O5/c1-15(2)12-10-11(17(19)20)4-5-13(12)16(14(15)18)6-7-22-9-8-21-3/h4-5,10,12-13H,6-9H2,1-3H3. The van der Waals surface area contributed by atoms with Gasteiger partial charge in [0.1, 0.15) is 0 Å². The molecule has 1 saturated heterocycles. The first-order chi connectivity index (χ1) is 10.4. The van der Waals surface area contributed by atoms with Crippen LogP contribution in [0.3, 0.4) is 0 Å². The SMILES string of the molecule is COCCOCCN1C(=O)C(C)(C)C2C=C([N+](=O)[O-])C=CC21. The summed E-state index contributed by atoms with van der Waals surface area (Å²) < 4.78 is 10.3. The summed E-state index contributed by atoms with van der Waals surface area (Å²) >= 11 is 0. The molecule has 2 aliphatic rings. The van der Waals surface area contributed by atoms with Crippen molar-refractivity contribution in [2.24, 2.45) is 11.3 Å². The number of nitro groups is 1. The van der Waals surface area contributed by atoms with Crippen LogP contribution in [-0.4, -0.2) is 55.2 Å². The summed E-state index contributed by atoms with van der Waals surface area (Å²) in [7, 11) is 1.60. The fourth-order valence-corrected chi connectivity index (χ4v) is 3.02. The summed E-state index contributed by atoms with van der Waals surface area (Å²) in [4.78, 5) is 24.9. The van der Waals surface area contributed by atoms with Gasteiger partial charge in [-0.05, 0) is 0 Å². The number of hydrogen-bond acceptors (Lipinski definition) is 5. The van der Waals surface area contributed by atoms with Gasteiger partial charge in [-0.1, -0.05) is 19.9 Å². The molecule has 22 heavy (non-hydrogen) atoms. The topological polar surface area (TPSA) is 81.9 Å². The van der Waals surface area contributed by atoms with E-state index in [4.69, 9.17) is 9.47 Å². The number of likely N-dealkylation sites (tertiary alicyclic amines) is 1. The number of fused-ring (bicyclic) bond motifs is 1. The third kappa shape index (κ3) is 3.05. The van der Waals surface area contributed by atoms with Crippen LogP contribution in [0, 0.1) is 21.4 Å². The van der Waals surface area contributed by atoms with Crippen molar-refractivity contribution in [1.29, 1.82) is 0 Å². The van der Waals surface area contributed by atoms with Crippen LogP contribution in [0.25, 0.3) is 0 Å². The van der Waals surface area contributed by atoms with Gasteiger partial charge in [0.05, 0.1) is 36.2 Å². The van der Waals surface area contributed by atoms with Gasteiger partial charge in [0.2, 0.25) is 5.91 Å². The molecule has 0 radical (unpaired) electrons. The lowest BCUT2D eigenvalue weighted by molar-refractivity contribution is -0.419. The molecule has 2 unspecified atom stereocenters. The first kappa shape index (κ1) is 16.6. The molecular formula is C15H22N2O5. The smallest absolute Gasteiger partial charge is 0.265 e. The zero-order valence-corrected chi connectivity index (χ0v) is 13.2. The normalized spacial score (nSPS) is 26.0. The Kier molecular flexibility index (Phi) is 4.97. The Labute approximate surface area is 129 Å². The highest BCUT2D eigenvalue weighted by Gasteiger charge is 2.53. The minimum atomic E-state index is -0.650. The van der Waals surface area contributed by atoms with Gasteiger partial charge in [0.25, 0.3) is 5.70 Å². The molecule has 1 aliphatic heterocycles. The lowest BCUT2D eigenvalue weighted by Crippen LogP contribution is -2.37. The van der Waals surface area contributed by atoms with Crippen LogP contribution in [0.5, 0.6) is 0 Å². The van der Waals surface area contributed by atoms with E-state index < -0.39 is 10.3 Å². The van der Waals surface area contributed by atoms with Crippen LogP contribution in [-0.2, 0) is 14.3 Å². The molecular weight excluding hydrogens is 288 g/mol. The van der Waals surface area contributed by atoms with Crippen LogP contribution in [0.1, 0.15) is 13.8 Å². The molecule has 1 fully saturated rings. The number of rotatable bonds is 7. The summed E-state index contributed by atoms with van der Waals surface area (Å²) in [5, 5.41) is 10.9. The summed E-state index contributed by atoms with van der Waals surface area (Å²) in [6, 6.07) is -0.141. The average molecular weight is 310 g/mol. The van der Waals surface area contributed by atoms with Crippen LogP contribution in [0.4, 0.5) is 0 Å². The lowest BCUT2D eigenvalue weighted by Gasteiger charge is -2.26. The molecule has 0 spiro atoms. The first-order valence-corrected chi connectivity index (χ1v) is 7.31. The summed E-state index contributed by atoms with van der Waals surface area (Å²) in [6.45, 7) is 5.57. The Morgan fingerprint density at radius 1 is 1.36 bits per heavy atom. The molecule has 0 aromatic heterocycles. The Balaban J connectivity index is 2.07. The van der Waals surface area contributed by atoms with E-state index in [1.54, 1.807) is 24.2 Å². The number of methoxy groups -OCH3 is 1. The third-order valence-corrected chi connectivity index (χ3v) is 4.31. The van der Waals surface area contributed by atoms with Crippen LogP contribution >= 0.6 is 0 Å². The van der Waals surface area contributed by atoms with Gasteiger partial charge >= 0.3 is 0 Å². The second kappa shape index (κ2) is 6.58. The molecule has 7 nitrogen and oxygen atoms in total. The molecule has 2 atom stereocenters. The van der Waals surface area contributed by atoms with E-state index in [0.717, 1.165) is 0 Å². The molecule has 0 bridgehead atoms. The zero-order valence-electron chi connectivity index (χ0n) is 13.2. The van der Waals surface area contributed by atoms with Crippen molar-refractivity contribution in [1.82, 2.24) is 4.90 Å². The first-order valence-electron chi connectivity index (χ1n) is 7.31.